The summed E-state index contributed by atoms with van der Waals surface area (Å²) in [6.07, 6.45) is 5.09. The number of amidine groups is 1. The minimum Gasteiger partial charge on any atom is -0.360 e. The van der Waals surface area contributed by atoms with Crippen molar-refractivity contribution in [2.24, 2.45) is 4.99 Å². The second-order valence-electron chi connectivity index (χ2n) is 3.45. The van der Waals surface area contributed by atoms with E-state index in [0.717, 1.165) is 6.54 Å². The van der Waals surface area contributed by atoms with Crippen molar-refractivity contribution in [2.75, 3.05) is 19.6 Å². The molecule has 0 spiro atoms. The smallest absolute Gasteiger partial charge is 0.0989 e. The Kier molecular flexibility index (Phi) is 4.12. The zero-order chi connectivity index (χ0) is 8.81. The van der Waals surface area contributed by atoms with Crippen LogP contribution in [0.5, 0.6) is 0 Å². The van der Waals surface area contributed by atoms with Crippen LogP contribution in [-0.2, 0) is 0 Å². The van der Waals surface area contributed by atoms with Crippen molar-refractivity contribution in [3.05, 3.63) is 0 Å². The zero-order valence-corrected chi connectivity index (χ0v) is 8.34. The number of hydrogen-bond acceptors (Lipinski definition) is 2. The third-order valence-electron chi connectivity index (χ3n) is 2.07. The fourth-order valence-electron chi connectivity index (χ4n) is 1.60. The molecule has 0 N–H and O–H groups in total. The van der Waals surface area contributed by atoms with Crippen LogP contribution in [0, 0.1) is 0 Å². The highest BCUT2D eigenvalue weighted by Crippen LogP contribution is 2.14. The van der Waals surface area contributed by atoms with Crippen LogP contribution < -0.4 is 0 Å². The molecule has 0 atom stereocenters. The quantitative estimate of drug-likeness (QED) is 0.542. The summed E-state index contributed by atoms with van der Waals surface area (Å²) in [5.74, 6) is 1.38. The summed E-state index contributed by atoms with van der Waals surface area (Å²) in [6.45, 7) is 7.85. The summed E-state index contributed by atoms with van der Waals surface area (Å²) in [5, 5.41) is 0. The molecule has 2 nitrogen and oxygen atoms in total. The van der Waals surface area contributed by atoms with Crippen molar-refractivity contribution in [2.45, 2.75) is 39.5 Å². The molecule has 2 heteroatoms. The Bertz CT molecular complexity index is 152. The highest BCUT2D eigenvalue weighted by molar-refractivity contribution is 5.84. The van der Waals surface area contributed by atoms with E-state index in [-0.39, 0.29) is 0 Å². The molecule has 12 heavy (non-hydrogen) atoms. The number of aliphatic imine (C=N–C) groups is 1. The van der Waals surface area contributed by atoms with Crippen molar-refractivity contribution in [1.82, 2.24) is 4.90 Å². The van der Waals surface area contributed by atoms with Gasteiger partial charge >= 0.3 is 0 Å². The van der Waals surface area contributed by atoms with E-state index >= 15 is 0 Å². The van der Waals surface area contributed by atoms with Crippen LogP contribution in [0.1, 0.15) is 39.5 Å². The largest absolute Gasteiger partial charge is 0.360 e. The maximum absolute atomic E-state index is 4.43. The van der Waals surface area contributed by atoms with Crippen LogP contribution >= 0.6 is 0 Å². The normalized spacial score (nSPS) is 20.8. The molecule has 2 aliphatic heterocycles. The third-order valence-corrected chi connectivity index (χ3v) is 2.07. The van der Waals surface area contributed by atoms with Gasteiger partial charge in [-0.05, 0) is 12.8 Å². The molecule has 70 valence electrons. The fourth-order valence-corrected chi connectivity index (χ4v) is 1.60. The van der Waals surface area contributed by atoms with Gasteiger partial charge in [0.15, 0.2) is 0 Å². The molecule has 0 aromatic carbocycles. The van der Waals surface area contributed by atoms with Crippen molar-refractivity contribution in [1.29, 1.82) is 0 Å². The zero-order valence-electron chi connectivity index (χ0n) is 8.34. The summed E-state index contributed by atoms with van der Waals surface area (Å²) in [6, 6.07) is 0. The molecule has 0 saturated carbocycles. The maximum atomic E-state index is 4.43. The van der Waals surface area contributed by atoms with Gasteiger partial charge in [-0.2, -0.15) is 0 Å². The number of nitrogens with zero attached hydrogens (tertiary/aromatic N) is 2. The Labute approximate surface area is 75.7 Å². The number of rotatable bonds is 0. The molecule has 1 fully saturated rings. The second-order valence-corrected chi connectivity index (χ2v) is 3.45. The lowest BCUT2D eigenvalue weighted by Crippen LogP contribution is -2.29. The molecule has 2 rings (SSSR count). The van der Waals surface area contributed by atoms with Crippen LogP contribution in [0.15, 0.2) is 4.99 Å². The molecule has 0 bridgehead atoms. The molecule has 0 aromatic heterocycles. The van der Waals surface area contributed by atoms with E-state index in [0.29, 0.717) is 0 Å². The van der Waals surface area contributed by atoms with E-state index in [1.807, 2.05) is 0 Å². The Hall–Kier alpha value is -0.530. The summed E-state index contributed by atoms with van der Waals surface area (Å²) in [5.41, 5.74) is 0. The first-order valence-corrected chi connectivity index (χ1v) is 5.16. The van der Waals surface area contributed by atoms with E-state index in [1.165, 1.54) is 44.6 Å². The predicted octanol–water partition coefficient (Wildman–Crippen LogP) is 2.30. The number of fused-ring (bicyclic) bond motifs is 1. The van der Waals surface area contributed by atoms with Crippen LogP contribution in [0.4, 0.5) is 0 Å². The average Bonchev–Trinajstić information content (AvgIpc) is 2.52. The molecule has 2 heterocycles. The van der Waals surface area contributed by atoms with E-state index in [1.54, 1.807) is 0 Å². The van der Waals surface area contributed by atoms with Gasteiger partial charge in [0.25, 0.3) is 0 Å². The first-order chi connectivity index (χ1) is 5.88. The van der Waals surface area contributed by atoms with Crippen LogP contribution in [0.25, 0.3) is 0 Å². The molecule has 0 radical (unpaired) electrons. The number of hydrogen-bond donors (Lipinski definition) is 0. The lowest BCUT2D eigenvalue weighted by atomic mass is 10.3. The Balaban J connectivity index is 0.000000213. The van der Waals surface area contributed by atoms with Gasteiger partial charge in [0, 0.05) is 26.1 Å². The van der Waals surface area contributed by atoms with Gasteiger partial charge in [0.2, 0.25) is 0 Å². The van der Waals surface area contributed by atoms with Crippen LogP contribution in [-0.4, -0.2) is 30.4 Å². The molecular weight excluding hydrogens is 148 g/mol. The molecule has 2 aliphatic rings. The van der Waals surface area contributed by atoms with E-state index in [9.17, 15) is 0 Å². The summed E-state index contributed by atoms with van der Waals surface area (Å²) in [4.78, 5) is 6.85. The lowest BCUT2D eigenvalue weighted by Gasteiger charge is -2.21. The van der Waals surface area contributed by atoms with Crippen LogP contribution in [0.2, 0.25) is 0 Å². The first-order valence-electron chi connectivity index (χ1n) is 5.16. The SMILES string of the molecule is C1CN=C2CCCN2C1.CCC. The Morgan fingerprint density at radius 3 is 2.58 bits per heavy atom. The monoisotopic (exact) mass is 168 g/mol. The van der Waals surface area contributed by atoms with Gasteiger partial charge in [-0.25, -0.2) is 0 Å². The van der Waals surface area contributed by atoms with Gasteiger partial charge in [-0.15, -0.1) is 0 Å². The van der Waals surface area contributed by atoms with Crippen molar-refractivity contribution < 1.29 is 0 Å². The topological polar surface area (TPSA) is 15.6 Å². The van der Waals surface area contributed by atoms with E-state index in [4.69, 9.17) is 0 Å². The maximum Gasteiger partial charge on any atom is 0.0989 e. The molecule has 0 amide bonds. The van der Waals surface area contributed by atoms with Crippen molar-refractivity contribution >= 4 is 5.84 Å². The summed E-state index contributed by atoms with van der Waals surface area (Å²) < 4.78 is 0. The van der Waals surface area contributed by atoms with Gasteiger partial charge in [0.1, 0.15) is 0 Å². The van der Waals surface area contributed by atoms with E-state index < -0.39 is 0 Å². The standard InChI is InChI=1S/C7H12N2.C3H8/c1-3-7-8-4-2-6-9(7)5-1;1-3-2/h1-6H2;3H2,1-2H3. The highest BCUT2D eigenvalue weighted by atomic mass is 15.2. The van der Waals surface area contributed by atoms with E-state index in [2.05, 4.69) is 23.7 Å². The molecular formula is C10H20N2. The van der Waals surface area contributed by atoms with Gasteiger partial charge in [0.05, 0.1) is 5.84 Å². The second kappa shape index (κ2) is 5.18. The predicted molar refractivity (Wildman–Crippen MR) is 53.7 cm³/mol. The average molecular weight is 168 g/mol. The van der Waals surface area contributed by atoms with Crippen molar-refractivity contribution in [3.8, 4) is 0 Å². The summed E-state index contributed by atoms with van der Waals surface area (Å²) in [7, 11) is 0. The molecule has 0 aromatic rings. The third kappa shape index (κ3) is 2.50. The fraction of sp³-hybridized carbons (Fsp3) is 0.900. The highest BCUT2D eigenvalue weighted by Gasteiger charge is 2.19. The Morgan fingerprint density at radius 1 is 1.25 bits per heavy atom. The lowest BCUT2D eigenvalue weighted by molar-refractivity contribution is 0.427. The van der Waals surface area contributed by atoms with Gasteiger partial charge < -0.3 is 4.90 Å². The van der Waals surface area contributed by atoms with Crippen LogP contribution in [0.3, 0.4) is 0 Å². The van der Waals surface area contributed by atoms with Crippen molar-refractivity contribution in [3.63, 3.8) is 0 Å². The van der Waals surface area contributed by atoms with Gasteiger partial charge in [-0.3, -0.25) is 4.99 Å². The minimum atomic E-state index is 1.08. The molecule has 0 unspecified atom stereocenters. The summed E-state index contributed by atoms with van der Waals surface area (Å²) >= 11 is 0. The molecule has 0 aliphatic carbocycles. The van der Waals surface area contributed by atoms with Gasteiger partial charge in [-0.1, -0.05) is 20.3 Å². The molecule has 1 saturated heterocycles. The minimum absolute atomic E-state index is 1.08. The Morgan fingerprint density at radius 2 is 1.92 bits per heavy atom. The first kappa shape index (κ1) is 9.56.